The zero-order chi connectivity index (χ0) is 22.3. The van der Waals surface area contributed by atoms with Gasteiger partial charge < -0.3 is 4.43 Å². The lowest BCUT2D eigenvalue weighted by atomic mass is 9.86. The second kappa shape index (κ2) is 8.35. The Labute approximate surface area is 190 Å². The number of hydrogen-bond donors (Lipinski definition) is 0. The van der Waals surface area contributed by atoms with Crippen molar-refractivity contribution in [3.8, 4) is 0 Å². The summed E-state index contributed by atoms with van der Waals surface area (Å²) >= 11 is 0. The summed E-state index contributed by atoms with van der Waals surface area (Å²) in [5.74, 6) is 0.494. The lowest BCUT2D eigenvalue weighted by molar-refractivity contribution is 0.0872. The van der Waals surface area contributed by atoms with Crippen molar-refractivity contribution in [3.63, 3.8) is 0 Å². The molecule has 0 radical (unpaired) electrons. The summed E-state index contributed by atoms with van der Waals surface area (Å²) in [6.45, 7) is 17.2. The van der Waals surface area contributed by atoms with Crippen LogP contribution in [-0.4, -0.2) is 24.9 Å². The van der Waals surface area contributed by atoms with E-state index in [1.807, 2.05) is 0 Å². The van der Waals surface area contributed by atoms with Gasteiger partial charge >= 0.3 is 0 Å². The number of rotatable bonds is 6. The standard InChI is InChI=1S/C28H39NOSi/c1-7-28-20-14-19-24(28)26(30-31(5,6)27(2,3)4)25(23-17-12-9-13-18-23)29(28)21-22-15-10-8-11-16-22/h7-13,15-18,24-26H,1,14,19-21H2,2-6H3/t24-,25-,26+,28-/m0/s1. The minimum atomic E-state index is -1.93. The van der Waals surface area contributed by atoms with E-state index in [0.717, 1.165) is 6.54 Å². The van der Waals surface area contributed by atoms with Gasteiger partial charge in [-0.1, -0.05) is 93.9 Å². The van der Waals surface area contributed by atoms with Crippen molar-refractivity contribution in [3.05, 3.63) is 84.4 Å². The van der Waals surface area contributed by atoms with Crippen molar-refractivity contribution in [2.24, 2.45) is 5.92 Å². The highest BCUT2D eigenvalue weighted by molar-refractivity contribution is 6.74. The Morgan fingerprint density at radius 3 is 2.26 bits per heavy atom. The normalized spacial score (nSPS) is 29.1. The van der Waals surface area contributed by atoms with Crippen molar-refractivity contribution in [2.75, 3.05) is 0 Å². The number of benzene rings is 2. The highest BCUT2D eigenvalue weighted by Gasteiger charge is 2.61. The highest BCUT2D eigenvalue weighted by atomic mass is 28.4. The first-order valence-electron chi connectivity index (χ1n) is 11.9. The lowest BCUT2D eigenvalue weighted by Gasteiger charge is -2.41. The molecule has 1 aliphatic heterocycles. The largest absolute Gasteiger partial charge is 0.412 e. The number of hydrogen-bond acceptors (Lipinski definition) is 2. The molecular formula is C28H39NOSi. The maximum atomic E-state index is 7.29. The summed E-state index contributed by atoms with van der Waals surface area (Å²) in [6.07, 6.45) is 6.11. The van der Waals surface area contributed by atoms with Crippen LogP contribution in [0.15, 0.2) is 73.3 Å². The molecule has 0 spiro atoms. The van der Waals surface area contributed by atoms with Crippen LogP contribution in [0, 0.1) is 5.92 Å². The van der Waals surface area contributed by atoms with Gasteiger partial charge in [-0.3, -0.25) is 4.90 Å². The Kier molecular flexibility index (Phi) is 6.06. The van der Waals surface area contributed by atoms with Crippen LogP contribution >= 0.6 is 0 Å². The third kappa shape index (κ3) is 3.97. The first kappa shape index (κ1) is 22.5. The van der Waals surface area contributed by atoms with Gasteiger partial charge in [-0.25, -0.2) is 0 Å². The molecule has 0 N–H and O–H groups in total. The SMILES string of the molecule is C=C[C@]12CCC[C@H]1[C@@H](O[Si](C)(C)C(C)(C)C)[C@H](c1ccccc1)N2Cc1ccccc1. The fraction of sp³-hybridized carbons (Fsp3) is 0.500. The molecule has 2 aromatic rings. The smallest absolute Gasteiger partial charge is 0.192 e. The molecule has 0 unspecified atom stereocenters. The molecule has 2 nitrogen and oxygen atoms in total. The minimum Gasteiger partial charge on any atom is -0.412 e. The molecule has 2 fully saturated rings. The maximum absolute atomic E-state index is 7.29. The second-order valence-corrected chi connectivity index (χ2v) is 15.8. The van der Waals surface area contributed by atoms with E-state index in [2.05, 4.69) is 112 Å². The molecule has 1 aliphatic carbocycles. The molecule has 0 amide bonds. The Morgan fingerprint density at radius 2 is 1.68 bits per heavy atom. The first-order chi connectivity index (χ1) is 14.7. The summed E-state index contributed by atoms with van der Waals surface area (Å²) in [5, 5.41) is 0.191. The zero-order valence-electron chi connectivity index (χ0n) is 20.0. The van der Waals surface area contributed by atoms with Gasteiger partial charge in [-0.05, 0) is 42.1 Å². The van der Waals surface area contributed by atoms with E-state index in [1.54, 1.807) is 0 Å². The quantitative estimate of drug-likeness (QED) is 0.348. The van der Waals surface area contributed by atoms with Gasteiger partial charge in [0.2, 0.25) is 0 Å². The maximum Gasteiger partial charge on any atom is 0.192 e. The summed E-state index contributed by atoms with van der Waals surface area (Å²) in [6, 6.07) is 22.2. The van der Waals surface area contributed by atoms with Gasteiger partial charge in [0.15, 0.2) is 8.32 Å². The zero-order valence-corrected chi connectivity index (χ0v) is 21.0. The minimum absolute atomic E-state index is 0.00335. The van der Waals surface area contributed by atoms with Crippen molar-refractivity contribution < 1.29 is 4.43 Å². The molecular weight excluding hydrogens is 394 g/mol. The molecule has 1 saturated carbocycles. The molecule has 4 atom stereocenters. The van der Waals surface area contributed by atoms with E-state index in [1.165, 1.54) is 30.4 Å². The average Bonchev–Trinajstić information content (AvgIpc) is 3.26. The predicted octanol–water partition coefficient (Wildman–Crippen LogP) is 7.36. The Balaban J connectivity index is 1.82. The van der Waals surface area contributed by atoms with Crippen LogP contribution in [0.3, 0.4) is 0 Å². The van der Waals surface area contributed by atoms with Crippen LogP contribution in [0.5, 0.6) is 0 Å². The molecule has 166 valence electrons. The van der Waals surface area contributed by atoms with Gasteiger partial charge in [0.05, 0.1) is 12.1 Å². The van der Waals surface area contributed by atoms with E-state index >= 15 is 0 Å². The van der Waals surface area contributed by atoms with E-state index in [-0.39, 0.29) is 22.7 Å². The Morgan fingerprint density at radius 1 is 1.06 bits per heavy atom. The number of fused-ring (bicyclic) bond motifs is 1. The molecule has 1 heterocycles. The van der Waals surface area contributed by atoms with Gasteiger partial charge in [0, 0.05) is 18.0 Å². The number of nitrogens with zero attached hydrogens (tertiary/aromatic N) is 1. The summed E-state index contributed by atoms with van der Waals surface area (Å²) < 4.78 is 7.29. The van der Waals surface area contributed by atoms with E-state index in [0.29, 0.717) is 5.92 Å². The van der Waals surface area contributed by atoms with Crippen LogP contribution in [0.1, 0.15) is 57.2 Å². The second-order valence-electron chi connectivity index (χ2n) is 11.0. The average molecular weight is 434 g/mol. The first-order valence-corrected chi connectivity index (χ1v) is 14.8. The fourth-order valence-electron chi connectivity index (χ4n) is 5.58. The predicted molar refractivity (Wildman–Crippen MR) is 134 cm³/mol. The van der Waals surface area contributed by atoms with Crippen LogP contribution in [0.4, 0.5) is 0 Å². The third-order valence-electron chi connectivity index (χ3n) is 8.24. The third-order valence-corrected chi connectivity index (χ3v) is 12.7. The monoisotopic (exact) mass is 433 g/mol. The van der Waals surface area contributed by atoms with Crippen molar-refractivity contribution in [1.29, 1.82) is 0 Å². The van der Waals surface area contributed by atoms with E-state index in [9.17, 15) is 0 Å². The van der Waals surface area contributed by atoms with Crippen LogP contribution in [0.25, 0.3) is 0 Å². The summed E-state index contributed by atoms with van der Waals surface area (Å²) in [4.78, 5) is 2.74. The molecule has 3 heteroatoms. The van der Waals surface area contributed by atoms with Gasteiger partial charge in [0.1, 0.15) is 0 Å². The molecule has 4 rings (SSSR count). The van der Waals surface area contributed by atoms with Gasteiger partial charge in [-0.2, -0.15) is 0 Å². The molecule has 0 aromatic heterocycles. The van der Waals surface area contributed by atoms with E-state index < -0.39 is 8.32 Å². The number of likely N-dealkylation sites (tertiary alicyclic amines) is 1. The van der Waals surface area contributed by atoms with Crippen molar-refractivity contribution in [2.45, 2.75) is 82.4 Å². The Bertz CT molecular complexity index is 888. The highest BCUT2D eigenvalue weighted by Crippen LogP contribution is 2.58. The van der Waals surface area contributed by atoms with Crippen molar-refractivity contribution in [1.82, 2.24) is 4.90 Å². The Hall–Kier alpha value is -1.68. The molecule has 1 saturated heterocycles. The molecule has 0 bridgehead atoms. The molecule has 31 heavy (non-hydrogen) atoms. The van der Waals surface area contributed by atoms with Crippen LogP contribution < -0.4 is 0 Å². The summed E-state index contributed by atoms with van der Waals surface area (Å²) in [7, 11) is -1.93. The molecule has 2 aromatic carbocycles. The lowest BCUT2D eigenvalue weighted by Crippen LogP contribution is -2.46. The fourth-order valence-corrected chi connectivity index (χ4v) is 6.91. The van der Waals surface area contributed by atoms with Gasteiger partial charge in [-0.15, -0.1) is 6.58 Å². The van der Waals surface area contributed by atoms with Gasteiger partial charge in [0.25, 0.3) is 0 Å². The van der Waals surface area contributed by atoms with Crippen LogP contribution in [-0.2, 0) is 11.0 Å². The summed E-state index contributed by atoms with van der Waals surface area (Å²) in [5.41, 5.74) is 2.74. The van der Waals surface area contributed by atoms with E-state index in [4.69, 9.17) is 4.43 Å². The topological polar surface area (TPSA) is 12.5 Å². The molecule has 2 aliphatic rings. The van der Waals surface area contributed by atoms with Crippen LogP contribution in [0.2, 0.25) is 18.1 Å². The van der Waals surface area contributed by atoms with Crippen molar-refractivity contribution >= 4 is 8.32 Å².